The van der Waals surface area contributed by atoms with Gasteiger partial charge in [-0.1, -0.05) is 11.6 Å². The van der Waals surface area contributed by atoms with Gasteiger partial charge in [0.05, 0.1) is 16.5 Å². The minimum atomic E-state index is -0.559. The standard InChI is InChI=1S/C16H23ClN4O2/c1-10(2)20(3)16(23)11-5-4-6-21(9-11)15-13(17)7-12(8-19-15)14(18)22/h7-8,10-11H,4-6,9H2,1-3H3,(H2,18,22). The van der Waals surface area contributed by atoms with Crippen molar-refractivity contribution in [3.8, 4) is 0 Å². The molecule has 1 aliphatic rings. The quantitative estimate of drug-likeness (QED) is 0.909. The first-order valence-corrected chi connectivity index (χ1v) is 8.16. The zero-order chi connectivity index (χ0) is 17.1. The van der Waals surface area contributed by atoms with Crippen LogP contribution in [0.5, 0.6) is 0 Å². The lowest BCUT2D eigenvalue weighted by Crippen LogP contribution is -2.45. The third-order valence-corrected chi connectivity index (χ3v) is 4.58. The number of piperidine rings is 1. The predicted octanol–water partition coefficient (Wildman–Crippen LogP) is 1.92. The van der Waals surface area contributed by atoms with Crippen LogP contribution in [0.25, 0.3) is 0 Å². The van der Waals surface area contributed by atoms with E-state index in [0.29, 0.717) is 17.4 Å². The highest BCUT2D eigenvalue weighted by atomic mass is 35.5. The van der Waals surface area contributed by atoms with Crippen molar-refractivity contribution in [2.45, 2.75) is 32.7 Å². The minimum absolute atomic E-state index is 0.0650. The van der Waals surface area contributed by atoms with Crippen LogP contribution in [0.3, 0.4) is 0 Å². The number of primary amides is 1. The lowest BCUT2D eigenvalue weighted by atomic mass is 9.96. The molecule has 1 atom stereocenters. The van der Waals surface area contributed by atoms with E-state index in [1.54, 1.807) is 4.90 Å². The molecule has 1 aliphatic heterocycles. The highest BCUT2D eigenvalue weighted by Crippen LogP contribution is 2.29. The second kappa shape index (κ2) is 7.17. The molecular weight excluding hydrogens is 316 g/mol. The molecular formula is C16H23ClN4O2. The first-order valence-electron chi connectivity index (χ1n) is 7.78. The maximum Gasteiger partial charge on any atom is 0.250 e. The number of nitrogens with zero attached hydrogens (tertiary/aromatic N) is 3. The molecule has 2 N–H and O–H groups in total. The fraction of sp³-hybridized carbons (Fsp3) is 0.562. The average Bonchev–Trinajstić information content (AvgIpc) is 2.53. The molecule has 1 saturated heterocycles. The Morgan fingerprint density at radius 1 is 1.48 bits per heavy atom. The number of hydrogen-bond donors (Lipinski definition) is 1. The summed E-state index contributed by atoms with van der Waals surface area (Å²) >= 11 is 6.24. The summed E-state index contributed by atoms with van der Waals surface area (Å²) in [5.41, 5.74) is 5.51. The molecule has 0 aliphatic carbocycles. The molecule has 2 heterocycles. The molecule has 0 aromatic carbocycles. The number of halogens is 1. The summed E-state index contributed by atoms with van der Waals surface area (Å²) in [5, 5.41) is 0.381. The number of amides is 2. The highest BCUT2D eigenvalue weighted by molar-refractivity contribution is 6.33. The van der Waals surface area contributed by atoms with E-state index in [-0.39, 0.29) is 23.4 Å². The summed E-state index contributed by atoms with van der Waals surface area (Å²) in [6.07, 6.45) is 3.19. The monoisotopic (exact) mass is 338 g/mol. The number of anilines is 1. The molecule has 1 aromatic heterocycles. The van der Waals surface area contributed by atoms with E-state index < -0.39 is 5.91 Å². The first kappa shape index (κ1) is 17.5. The van der Waals surface area contributed by atoms with Gasteiger partial charge in [-0.25, -0.2) is 4.98 Å². The normalized spacial score (nSPS) is 18.1. The Hall–Kier alpha value is -1.82. The zero-order valence-corrected chi connectivity index (χ0v) is 14.5. The lowest BCUT2D eigenvalue weighted by Gasteiger charge is -2.36. The van der Waals surface area contributed by atoms with Crippen molar-refractivity contribution >= 4 is 29.2 Å². The van der Waals surface area contributed by atoms with Crippen molar-refractivity contribution in [1.29, 1.82) is 0 Å². The number of nitrogens with two attached hydrogens (primary N) is 1. The van der Waals surface area contributed by atoms with Crippen molar-refractivity contribution in [2.75, 3.05) is 25.0 Å². The summed E-state index contributed by atoms with van der Waals surface area (Å²) < 4.78 is 0. The number of pyridine rings is 1. The van der Waals surface area contributed by atoms with Crippen LogP contribution in [0.4, 0.5) is 5.82 Å². The summed E-state index contributed by atoms with van der Waals surface area (Å²) in [6, 6.07) is 1.70. The Morgan fingerprint density at radius 3 is 2.74 bits per heavy atom. The number of aromatic nitrogens is 1. The van der Waals surface area contributed by atoms with Crippen LogP contribution in [0.1, 0.15) is 37.0 Å². The molecule has 7 heteroatoms. The second-order valence-electron chi connectivity index (χ2n) is 6.22. The van der Waals surface area contributed by atoms with Crippen molar-refractivity contribution in [1.82, 2.24) is 9.88 Å². The van der Waals surface area contributed by atoms with Crippen molar-refractivity contribution in [3.05, 3.63) is 22.8 Å². The topological polar surface area (TPSA) is 79.5 Å². The van der Waals surface area contributed by atoms with Crippen LogP contribution in [-0.4, -0.2) is 47.9 Å². The molecule has 1 fully saturated rings. The van der Waals surface area contributed by atoms with Gasteiger partial charge in [0.15, 0.2) is 0 Å². The van der Waals surface area contributed by atoms with Crippen molar-refractivity contribution in [3.63, 3.8) is 0 Å². The van der Waals surface area contributed by atoms with Crippen molar-refractivity contribution < 1.29 is 9.59 Å². The largest absolute Gasteiger partial charge is 0.366 e. The molecule has 0 spiro atoms. The summed E-state index contributed by atoms with van der Waals surface area (Å²) in [4.78, 5) is 31.8. The van der Waals surface area contributed by atoms with E-state index >= 15 is 0 Å². The predicted molar refractivity (Wildman–Crippen MR) is 90.6 cm³/mol. The smallest absolute Gasteiger partial charge is 0.250 e. The Balaban J connectivity index is 2.15. The fourth-order valence-electron chi connectivity index (χ4n) is 2.71. The Bertz CT molecular complexity index is 606. The van der Waals surface area contributed by atoms with E-state index in [0.717, 1.165) is 19.4 Å². The summed E-state index contributed by atoms with van der Waals surface area (Å²) in [6.45, 7) is 5.37. The maximum atomic E-state index is 12.5. The maximum absolute atomic E-state index is 12.5. The molecule has 1 aromatic rings. The van der Waals surface area contributed by atoms with Gasteiger partial charge in [-0.3, -0.25) is 9.59 Å². The van der Waals surface area contributed by atoms with Gasteiger partial charge in [-0.05, 0) is 32.8 Å². The number of carbonyl (C=O) groups excluding carboxylic acids is 2. The van der Waals surface area contributed by atoms with E-state index in [1.165, 1.54) is 12.3 Å². The Kier molecular flexibility index (Phi) is 5.46. The molecule has 23 heavy (non-hydrogen) atoms. The lowest BCUT2D eigenvalue weighted by molar-refractivity contribution is -0.135. The molecule has 0 bridgehead atoms. The Morgan fingerprint density at radius 2 is 2.17 bits per heavy atom. The van der Waals surface area contributed by atoms with Crippen molar-refractivity contribution in [2.24, 2.45) is 11.7 Å². The molecule has 2 rings (SSSR count). The van der Waals surface area contributed by atoms with Crippen LogP contribution < -0.4 is 10.6 Å². The first-order chi connectivity index (χ1) is 10.8. The third-order valence-electron chi connectivity index (χ3n) is 4.30. The van der Waals surface area contributed by atoms with Gasteiger partial charge in [0.25, 0.3) is 0 Å². The van der Waals surface area contributed by atoms with Gasteiger partial charge in [-0.15, -0.1) is 0 Å². The van der Waals surface area contributed by atoms with Crippen LogP contribution in [0.15, 0.2) is 12.3 Å². The second-order valence-corrected chi connectivity index (χ2v) is 6.63. The zero-order valence-electron chi connectivity index (χ0n) is 13.8. The number of carbonyl (C=O) groups is 2. The highest BCUT2D eigenvalue weighted by Gasteiger charge is 2.30. The summed E-state index contributed by atoms with van der Waals surface area (Å²) in [5.74, 6) is 0.122. The van der Waals surface area contributed by atoms with Gasteiger partial charge in [0.2, 0.25) is 11.8 Å². The molecule has 2 amide bonds. The molecule has 126 valence electrons. The van der Waals surface area contributed by atoms with E-state index in [4.69, 9.17) is 17.3 Å². The number of rotatable bonds is 4. The van der Waals surface area contributed by atoms with Crippen LogP contribution in [0.2, 0.25) is 5.02 Å². The van der Waals surface area contributed by atoms with E-state index in [2.05, 4.69) is 4.98 Å². The molecule has 6 nitrogen and oxygen atoms in total. The fourth-order valence-corrected chi connectivity index (χ4v) is 3.00. The van der Waals surface area contributed by atoms with Crippen LogP contribution in [0, 0.1) is 5.92 Å². The van der Waals surface area contributed by atoms with Crippen LogP contribution in [-0.2, 0) is 4.79 Å². The van der Waals surface area contributed by atoms with Crippen LogP contribution >= 0.6 is 11.6 Å². The van der Waals surface area contributed by atoms with Gasteiger partial charge >= 0.3 is 0 Å². The Labute approximate surface area is 141 Å². The van der Waals surface area contributed by atoms with Gasteiger partial charge in [0.1, 0.15) is 5.82 Å². The molecule has 0 saturated carbocycles. The van der Waals surface area contributed by atoms with Gasteiger partial charge < -0.3 is 15.5 Å². The average molecular weight is 339 g/mol. The number of hydrogen-bond acceptors (Lipinski definition) is 4. The SMILES string of the molecule is CC(C)N(C)C(=O)C1CCCN(c2ncc(C(N)=O)cc2Cl)C1. The molecule has 1 unspecified atom stereocenters. The van der Waals surface area contributed by atoms with E-state index in [1.807, 2.05) is 25.8 Å². The minimum Gasteiger partial charge on any atom is -0.366 e. The van der Waals surface area contributed by atoms with Gasteiger partial charge in [0, 0.05) is 32.4 Å². The van der Waals surface area contributed by atoms with Gasteiger partial charge in [-0.2, -0.15) is 0 Å². The molecule has 0 radical (unpaired) electrons. The van der Waals surface area contributed by atoms with E-state index in [9.17, 15) is 9.59 Å². The third kappa shape index (κ3) is 3.93. The summed E-state index contributed by atoms with van der Waals surface area (Å²) in [7, 11) is 1.83.